The minimum atomic E-state index is 0.822. The number of hydrogen-bond acceptors (Lipinski definition) is 1. The highest BCUT2D eigenvalue weighted by Crippen LogP contribution is 2.22. The maximum atomic E-state index is 3.48. The highest BCUT2D eigenvalue weighted by molar-refractivity contribution is 9.09. The van der Waals surface area contributed by atoms with Crippen LogP contribution in [0.25, 0.3) is 0 Å². The molecule has 0 aromatic carbocycles. The molecule has 1 heterocycles. The lowest BCUT2D eigenvalue weighted by atomic mass is 9.93. The summed E-state index contributed by atoms with van der Waals surface area (Å²) in [4.78, 5) is 2.67. The molecule has 2 unspecified atom stereocenters. The fourth-order valence-corrected chi connectivity index (χ4v) is 2.77. The Balaban J connectivity index is 2.11. The summed E-state index contributed by atoms with van der Waals surface area (Å²) < 4.78 is 0. The molecule has 0 N–H and O–H groups in total. The van der Waals surface area contributed by atoms with Gasteiger partial charge >= 0.3 is 0 Å². The van der Waals surface area contributed by atoms with Crippen LogP contribution in [0.5, 0.6) is 0 Å². The molecule has 0 amide bonds. The molecule has 1 aliphatic heterocycles. The zero-order valence-electron chi connectivity index (χ0n) is 9.64. The van der Waals surface area contributed by atoms with Crippen LogP contribution in [0.3, 0.4) is 0 Å². The van der Waals surface area contributed by atoms with Crippen molar-refractivity contribution in [2.75, 3.05) is 18.4 Å². The molecule has 0 aliphatic carbocycles. The van der Waals surface area contributed by atoms with E-state index in [-0.39, 0.29) is 0 Å². The Kier molecular flexibility index (Phi) is 6.11. The topological polar surface area (TPSA) is 3.24 Å². The molecule has 1 saturated heterocycles. The van der Waals surface area contributed by atoms with Crippen molar-refractivity contribution >= 4 is 15.9 Å². The van der Waals surface area contributed by atoms with E-state index in [1.807, 2.05) is 0 Å². The Hall–Kier alpha value is 0.440. The van der Waals surface area contributed by atoms with Gasteiger partial charge in [0, 0.05) is 11.4 Å². The van der Waals surface area contributed by atoms with Gasteiger partial charge in [0.15, 0.2) is 0 Å². The van der Waals surface area contributed by atoms with E-state index < -0.39 is 0 Å². The van der Waals surface area contributed by atoms with Crippen LogP contribution in [0, 0.1) is 5.92 Å². The zero-order valence-corrected chi connectivity index (χ0v) is 11.2. The Morgan fingerprint density at radius 2 is 2.00 bits per heavy atom. The van der Waals surface area contributed by atoms with Crippen molar-refractivity contribution < 1.29 is 0 Å². The third kappa shape index (κ3) is 4.31. The Morgan fingerprint density at radius 3 is 2.64 bits per heavy atom. The van der Waals surface area contributed by atoms with E-state index in [2.05, 4.69) is 34.7 Å². The predicted molar refractivity (Wildman–Crippen MR) is 67.1 cm³/mol. The van der Waals surface area contributed by atoms with Crippen LogP contribution in [-0.2, 0) is 0 Å². The Bertz CT molecular complexity index is 149. The minimum absolute atomic E-state index is 0.822. The molecule has 0 radical (unpaired) electrons. The first kappa shape index (κ1) is 12.5. The first-order valence-corrected chi connectivity index (χ1v) is 7.16. The maximum absolute atomic E-state index is 3.48. The van der Waals surface area contributed by atoms with Gasteiger partial charge in [-0.05, 0) is 51.6 Å². The number of alkyl halides is 1. The average molecular weight is 262 g/mol. The normalized spacial score (nSPS) is 29.4. The van der Waals surface area contributed by atoms with Gasteiger partial charge in [-0.3, -0.25) is 0 Å². The van der Waals surface area contributed by atoms with Crippen molar-refractivity contribution in [1.29, 1.82) is 0 Å². The van der Waals surface area contributed by atoms with Crippen LogP contribution in [0.15, 0.2) is 0 Å². The first-order valence-electron chi connectivity index (χ1n) is 6.04. The third-order valence-electron chi connectivity index (χ3n) is 3.35. The van der Waals surface area contributed by atoms with E-state index >= 15 is 0 Å². The van der Waals surface area contributed by atoms with Crippen molar-refractivity contribution in [3.63, 3.8) is 0 Å². The second kappa shape index (κ2) is 6.84. The van der Waals surface area contributed by atoms with Crippen molar-refractivity contribution in [3.05, 3.63) is 0 Å². The molecule has 1 aliphatic rings. The molecule has 2 atom stereocenters. The lowest BCUT2D eigenvalue weighted by Gasteiger charge is -2.36. The van der Waals surface area contributed by atoms with Gasteiger partial charge < -0.3 is 4.90 Å². The third-order valence-corrected chi connectivity index (χ3v) is 3.92. The van der Waals surface area contributed by atoms with Crippen molar-refractivity contribution in [3.8, 4) is 0 Å². The number of unbranched alkanes of at least 4 members (excludes halogenated alkanes) is 2. The molecule has 0 aromatic rings. The number of rotatable bonds is 5. The van der Waals surface area contributed by atoms with Crippen molar-refractivity contribution in [2.24, 2.45) is 5.92 Å². The highest BCUT2D eigenvalue weighted by atomic mass is 79.9. The van der Waals surface area contributed by atoms with Gasteiger partial charge in [-0.1, -0.05) is 29.3 Å². The van der Waals surface area contributed by atoms with Crippen LogP contribution < -0.4 is 0 Å². The molecule has 2 heteroatoms. The molecule has 0 saturated carbocycles. The average Bonchev–Trinajstić information content (AvgIpc) is 2.15. The van der Waals surface area contributed by atoms with Crippen LogP contribution in [0.1, 0.15) is 46.0 Å². The summed E-state index contributed by atoms with van der Waals surface area (Å²) in [6, 6.07) is 0.822. The van der Waals surface area contributed by atoms with Crippen LogP contribution in [-0.4, -0.2) is 29.4 Å². The fourth-order valence-electron chi connectivity index (χ4n) is 2.37. The van der Waals surface area contributed by atoms with E-state index in [9.17, 15) is 0 Å². The monoisotopic (exact) mass is 261 g/mol. The molecule has 1 nitrogen and oxygen atoms in total. The summed E-state index contributed by atoms with van der Waals surface area (Å²) in [7, 11) is 0. The number of piperidine rings is 1. The molecule has 0 aromatic heterocycles. The highest BCUT2D eigenvalue weighted by Gasteiger charge is 2.21. The van der Waals surface area contributed by atoms with Gasteiger partial charge in [0.1, 0.15) is 0 Å². The molecular weight excluding hydrogens is 238 g/mol. The van der Waals surface area contributed by atoms with Gasteiger partial charge in [-0.25, -0.2) is 0 Å². The lowest BCUT2D eigenvalue weighted by Crippen LogP contribution is -2.40. The first-order chi connectivity index (χ1) is 6.74. The smallest absolute Gasteiger partial charge is 0.00694 e. The van der Waals surface area contributed by atoms with Crippen molar-refractivity contribution in [2.45, 2.75) is 52.0 Å². The van der Waals surface area contributed by atoms with Gasteiger partial charge in [-0.15, -0.1) is 0 Å². The second-order valence-electron chi connectivity index (χ2n) is 4.76. The van der Waals surface area contributed by atoms with Gasteiger partial charge in [-0.2, -0.15) is 0 Å². The summed E-state index contributed by atoms with van der Waals surface area (Å²) in [5, 5.41) is 1.17. The SMILES string of the molecule is CC1CCN(CCCCCBr)C(C)C1. The molecular formula is C12H24BrN. The second-order valence-corrected chi connectivity index (χ2v) is 5.56. The number of halogens is 1. The molecule has 0 spiro atoms. The van der Waals surface area contributed by atoms with Gasteiger partial charge in [0.05, 0.1) is 0 Å². The standard InChI is InChI=1S/C12H24BrN/c1-11-6-9-14(12(2)10-11)8-5-3-4-7-13/h11-12H,3-10H2,1-2H3. The van der Waals surface area contributed by atoms with E-state index in [4.69, 9.17) is 0 Å². The summed E-state index contributed by atoms with van der Waals surface area (Å²) in [5.41, 5.74) is 0. The fraction of sp³-hybridized carbons (Fsp3) is 1.00. The summed E-state index contributed by atoms with van der Waals surface area (Å²) in [6.07, 6.45) is 6.90. The van der Waals surface area contributed by atoms with Crippen LogP contribution >= 0.6 is 15.9 Å². The van der Waals surface area contributed by atoms with Crippen LogP contribution in [0.2, 0.25) is 0 Å². The summed E-state index contributed by atoms with van der Waals surface area (Å²) >= 11 is 3.48. The zero-order chi connectivity index (χ0) is 10.4. The van der Waals surface area contributed by atoms with Crippen LogP contribution in [0.4, 0.5) is 0 Å². The lowest BCUT2D eigenvalue weighted by molar-refractivity contribution is 0.127. The molecule has 1 rings (SSSR count). The quantitative estimate of drug-likeness (QED) is 0.539. The van der Waals surface area contributed by atoms with E-state index in [1.54, 1.807) is 0 Å². The summed E-state index contributed by atoms with van der Waals surface area (Å²) in [6.45, 7) is 7.43. The molecule has 14 heavy (non-hydrogen) atoms. The van der Waals surface area contributed by atoms with E-state index in [0.717, 1.165) is 12.0 Å². The minimum Gasteiger partial charge on any atom is -0.301 e. The number of likely N-dealkylation sites (tertiary alicyclic amines) is 1. The number of hydrogen-bond donors (Lipinski definition) is 0. The van der Waals surface area contributed by atoms with Gasteiger partial charge in [0.2, 0.25) is 0 Å². The maximum Gasteiger partial charge on any atom is 0.00694 e. The molecule has 0 bridgehead atoms. The largest absolute Gasteiger partial charge is 0.301 e. The summed E-state index contributed by atoms with van der Waals surface area (Å²) in [5.74, 6) is 0.948. The van der Waals surface area contributed by atoms with Gasteiger partial charge in [0.25, 0.3) is 0 Å². The molecule has 1 fully saturated rings. The Labute approximate surface area is 97.4 Å². The number of nitrogens with zero attached hydrogens (tertiary/aromatic N) is 1. The van der Waals surface area contributed by atoms with E-state index in [0.29, 0.717) is 0 Å². The van der Waals surface area contributed by atoms with Crippen molar-refractivity contribution in [1.82, 2.24) is 4.90 Å². The molecule has 84 valence electrons. The Morgan fingerprint density at radius 1 is 1.21 bits per heavy atom. The predicted octanol–water partition coefficient (Wildman–Crippen LogP) is 3.67. The van der Waals surface area contributed by atoms with E-state index in [1.165, 1.54) is 50.5 Å².